The summed E-state index contributed by atoms with van der Waals surface area (Å²) >= 11 is 0. The second kappa shape index (κ2) is 6.15. The molecule has 2 nitrogen and oxygen atoms in total. The third kappa shape index (κ3) is 3.29. The first-order chi connectivity index (χ1) is 8.31. The van der Waals surface area contributed by atoms with E-state index in [1.165, 1.54) is 44.1 Å². The first-order valence-electron chi connectivity index (χ1n) is 6.96. The van der Waals surface area contributed by atoms with Crippen LogP contribution in [0.2, 0.25) is 0 Å². The maximum Gasteiger partial charge on any atom is 0.0338 e. The molecular weight excluding hydrogens is 208 g/mol. The second-order valence-electron chi connectivity index (χ2n) is 5.38. The largest absolute Gasteiger partial charge is 0.324 e. The van der Waals surface area contributed by atoms with Gasteiger partial charge in [-0.05, 0) is 36.3 Å². The molecule has 2 heteroatoms. The van der Waals surface area contributed by atoms with Crippen molar-refractivity contribution in [1.29, 1.82) is 0 Å². The molecule has 1 aromatic rings. The molecule has 94 valence electrons. The summed E-state index contributed by atoms with van der Waals surface area (Å²) in [5.74, 6) is 1.62. The molecule has 0 radical (unpaired) electrons. The third-order valence-corrected chi connectivity index (χ3v) is 4.17. The van der Waals surface area contributed by atoms with Crippen LogP contribution in [0.5, 0.6) is 0 Å². The van der Waals surface area contributed by atoms with Gasteiger partial charge in [-0.15, -0.1) is 0 Å². The molecule has 1 atom stereocenters. The average Bonchev–Trinajstić information content (AvgIpc) is 2.40. The van der Waals surface area contributed by atoms with Crippen LogP contribution in [0.15, 0.2) is 24.5 Å². The van der Waals surface area contributed by atoms with E-state index in [9.17, 15) is 0 Å². The third-order valence-electron chi connectivity index (χ3n) is 4.17. The maximum atomic E-state index is 6.35. The predicted octanol–water partition coefficient (Wildman–Crippen LogP) is 3.69. The van der Waals surface area contributed by atoms with Gasteiger partial charge in [-0.2, -0.15) is 0 Å². The Balaban J connectivity index is 1.88. The van der Waals surface area contributed by atoms with Gasteiger partial charge in [0.15, 0.2) is 0 Å². The van der Waals surface area contributed by atoms with Crippen LogP contribution in [-0.4, -0.2) is 4.98 Å². The SMILES string of the molecule is CCCC1CCC(C(N)c2cccnc2)CC1. The van der Waals surface area contributed by atoms with Crippen LogP contribution >= 0.6 is 0 Å². The van der Waals surface area contributed by atoms with Crippen LogP contribution in [0.3, 0.4) is 0 Å². The lowest BCUT2D eigenvalue weighted by molar-refractivity contribution is 0.234. The van der Waals surface area contributed by atoms with E-state index in [0.717, 1.165) is 5.92 Å². The molecule has 17 heavy (non-hydrogen) atoms. The van der Waals surface area contributed by atoms with Crippen molar-refractivity contribution in [2.75, 3.05) is 0 Å². The van der Waals surface area contributed by atoms with Gasteiger partial charge in [0, 0.05) is 18.4 Å². The zero-order valence-electron chi connectivity index (χ0n) is 10.8. The van der Waals surface area contributed by atoms with Crippen molar-refractivity contribution < 1.29 is 0 Å². The highest BCUT2D eigenvalue weighted by Gasteiger charge is 2.25. The first-order valence-corrected chi connectivity index (χ1v) is 6.96. The molecule has 0 aliphatic heterocycles. The van der Waals surface area contributed by atoms with E-state index < -0.39 is 0 Å². The van der Waals surface area contributed by atoms with Gasteiger partial charge in [0.2, 0.25) is 0 Å². The molecule has 0 spiro atoms. The van der Waals surface area contributed by atoms with Crippen molar-refractivity contribution in [3.8, 4) is 0 Å². The Hall–Kier alpha value is -0.890. The van der Waals surface area contributed by atoms with Gasteiger partial charge in [-0.3, -0.25) is 4.98 Å². The van der Waals surface area contributed by atoms with Crippen LogP contribution in [0.1, 0.15) is 57.1 Å². The average molecular weight is 232 g/mol. The quantitative estimate of drug-likeness (QED) is 0.860. The lowest BCUT2D eigenvalue weighted by Crippen LogP contribution is -2.26. The number of pyridine rings is 1. The Morgan fingerprint density at radius 1 is 1.35 bits per heavy atom. The predicted molar refractivity (Wildman–Crippen MR) is 71.5 cm³/mol. The van der Waals surface area contributed by atoms with E-state index in [4.69, 9.17) is 5.73 Å². The van der Waals surface area contributed by atoms with Crippen molar-refractivity contribution in [2.45, 2.75) is 51.5 Å². The zero-order chi connectivity index (χ0) is 12.1. The number of rotatable bonds is 4. The fourth-order valence-electron chi connectivity index (χ4n) is 3.09. The Bertz CT molecular complexity index is 315. The molecule has 1 heterocycles. The van der Waals surface area contributed by atoms with Crippen LogP contribution in [-0.2, 0) is 0 Å². The zero-order valence-corrected chi connectivity index (χ0v) is 10.8. The van der Waals surface area contributed by atoms with E-state index in [-0.39, 0.29) is 6.04 Å². The summed E-state index contributed by atoms with van der Waals surface area (Å²) in [5.41, 5.74) is 7.55. The van der Waals surface area contributed by atoms with Gasteiger partial charge in [-0.1, -0.05) is 38.7 Å². The lowest BCUT2D eigenvalue weighted by atomic mass is 9.76. The van der Waals surface area contributed by atoms with Gasteiger partial charge in [0.1, 0.15) is 0 Å². The standard InChI is InChI=1S/C15H24N2/c1-2-4-12-6-8-13(9-7-12)15(16)14-5-3-10-17-11-14/h3,5,10-13,15H,2,4,6-9,16H2,1H3. The normalized spacial score (nSPS) is 26.7. The molecule has 1 aliphatic carbocycles. The number of hydrogen-bond donors (Lipinski definition) is 1. The summed E-state index contributed by atoms with van der Waals surface area (Å²) < 4.78 is 0. The van der Waals surface area contributed by atoms with Crippen molar-refractivity contribution in [1.82, 2.24) is 4.98 Å². The molecule has 1 aliphatic rings. The Kier molecular flexibility index (Phi) is 4.55. The van der Waals surface area contributed by atoms with Crippen LogP contribution in [0.4, 0.5) is 0 Å². The molecule has 1 saturated carbocycles. The molecule has 0 saturated heterocycles. The molecule has 0 aromatic carbocycles. The van der Waals surface area contributed by atoms with Crippen molar-refractivity contribution in [3.05, 3.63) is 30.1 Å². The molecule has 2 N–H and O–H groups in total. The van der Waals surface area contributed by atoms with Crippen LogP contribution < -0.4 is 5.73 Å². The molecule has 1 aromatic heterocycles. The number of nitrogens with two attached hydrogens (primary N) is 1. The fourth-order valence-corrected chi connectivity index (χ4v) is 3.09. The molecule has 0 bridgehead atoms. The highest BCUT2D eigenvalue weighted by atomic mass is 14.7. The summed E-state index contributed by atoms with van der Waals surface area (Å²) in [4.78, 5) is 4.16. The Morgan fingerprint density at radius 2 is 2.12 bits per heavy atom. The van der Waals surface area contributed by atoms with Crippen molar-refractivity contribution in [2.24, 2.45) is 17.6 Å². The van der Waals surface area contributed by atoms with Crippen molar-refractivity contribution in [3.63, 3.8) is 0 Å². The summed E-state index contributed by atoms with van der Waals surface area (Å²) in [7, 11) is 0. The van der Waals surface area contributed by atoms with E-state index in [1.807, 2.05) is 18.5 Å². The molecule has 1 fully saturated rings. The van der Waals surface area contributed by atoms with Gasteiger partial charge in [-0.25, -0.2) is 0 Å². The fraction of sp³-hybridized carbons (Fsp3) is 0.667. The minimum absolute atomic E-state index is 0.186. The van der Waals surface area contributed by atoms with Gasteiger partial charge in [0.05, 0.1) is 0 Å². The molecular formula is C15H24N2. The van der Waals surface area contributed by atoms with E-state index in [2.05, 4.69) is 18.0 Å². The Labute approximate surface area is 105 Å². The van der Waals surface area contributed by atoms with Gasteiger partial charge < -0.3 is 5.73 Å². The minimum Gasteiger partial charge on any atom is -0.324 e. The molecule has 2 rings (SSSR count). The summed E-state index contributed by atoms with van der Waals surface area (Å²) in [6, 6.07) is 4.28. The number of nitrogens with zero attached hydrogens (tertiary/aromatic N) is 1. The lowest BCUT2D eigenvalue weighted by Gasteiger charge is -2.32. The Morgan fingerprint density at radius 3 is 2.71 bits per heavy atom. The highest BCUT2D eigenvalue weighted by Crippen LogP contribution is 2.36. The molecule has 0 amide bonds. The van der Waals surface area contributed by atoms with Gasteiger partial charge in [0.25, 0.3) is 0 Å². The van der Waals surface area contributed by atoms with Crippen LogP contribution in [0.25, 0.3) is 0 Å². The smallest absolute Gasteiger partial charge is 0.0338 e. The summed E-state index contributed by atoms with van der Waals surface area (Å²) in [6.45, 7) is 2.29. The second-order valence-corrected chi connectivity index (χ2v) is 5.38. The van der Waals surface area contributed by atoms with Gasteiger partial charge >= 0.3 is 0 Å². The number of hydrogen-bond acceptors (Lipinski definition) is 2. The molecule has 1 unspecified atom stereocenters. The summed E-state index contributed by atoms with van der Waals surface area (Å²) in [6.07, 6.45) is 11.8. The summed E-state index contributed by atoms with van der Waals surface area (Å²) in [5, 5.41) is 0. The minimum atomic E-state index is 0.186. The monoisotopic (exact) mass is 232 g/mol. The first kappa shape index (κ1) is 12.6. The highest BCUT2D eigenvalue weighted by molar-refractivity contribution is 5.14. The topological polar surface area (TPSA) is 38.9 Å². The maximum absolute atomic E-state index is 6.35. The van der Waals surface area contributed by atoms with E-state index >= 15 is 0 Å². The van der Waals surface area contributed by atoms with Crippen molar-refractivity contribution >= 4 is 0 Å². The van der Waals surface area contributed by atoms with Crippen LogP contribution in [0, 0.1) is 11.8 Å². The van der Waals surface area contributed by atoms with E-state index in [0.29, 0.717) is 5.92 Å². The number of aromatic nitrogens is 1. The van der Waals surface area contributed by atoms with E-state index in [1.54, 1.807) is 0 Å².